The van der Waals surface area contributed by atoms with Crippen molar-refractivity contribution < 1.29 is 26.6 Å². The van der Waals surface area contributed by atoms with Crippen molar-refractivity contribution in [2.75, 3.05) is 0 Å². The summed E-state index contributed by atoms with van der Waals surface area (Å²) in [6.07, 6.45) is 0.117. The summed E-state index contributed by atoms with van der Waals surface area (Å²) in [4.78, 5) is 11.3. The molecule has 0 aliphatic heterocycles. The van der Waals surface area contributed by atoms with Gasteiger partial charge in [0.05, 0.1) is 5.56 Å². The SMILES string of the molecule is CCC(N)OC(=O)c1ccccc1.[Cu]. The smallest absolute Gasteiger partial charge is 0.339 e. The number of nitrogens with two attached hydrogens (primary N) is 1. The Morgan fingerprint density at radius 2 is 2.00 bits per heavy atom. The summed E-state index contributed by atoms with van der Waals surface area (Å²) in [7, 11) is 0. The predicted molar refractivity (Wildman–Crippen MR) is 50.1 cm³/mol. The van der Waals surface area contributed by atoms with E-state index in [1.165, 1.54) is 0 Å². The molecule has 0 fully saturated rings. The maximum atomic E-state index is 11.3. The van der Waals surface area contributed by atoms with E-state index in [4.69, 9.17) is 10.5 Å². The third-order valence-electron chi connectivity index (χ3n) is 1.67. The normalized spacial score (nSPS) is 11.3. The first-order chi connectivity index (χ1) is 6.24. The minimum absolute atomic E-state index is 0. The zero-order valence-electron chi connectivity index (χ0n) is 7.87. The molecule has 3 nitrogen and oxygen atoms in total. The molecule has 0 heterocycles. The van der Waals surface area contributed by atoms with Crippen molar-refractivity contribution in [3.63, 3.8) is 0 Å². The molecule has 0 bridgehead atoms. The van der Waals surface area contributed by atoms with Crippen LogP contribution in [0.2, 0.25) is 0 Å². The molecule has 81 valence electrons. The Bertz CT molecular complexity index is 277. The first-order valence-electron chi connectivity index (χ1n) is 4.25. The summed E-state index contributed by atoms with van der Waals surface area (Å²) < 4.78 is 4.92. The zero-order chi connectivity index (χ0) is 9.68. The fourth-order valence-electron chi connectivity index (χ4n) is 0.863. The summed E-state index contributed by atoms with van der Waals surface area (Å²) in [5, 5.41) is 0. The van der Waals surface area contributed by atoms with Crippen LogP contribution >= 0.6 is 0 Å². The molecule has 0 amide bonds. The summed E-state index contributed by atoms with van der Waals surface area (Å²) in [6, 6.07) is 8.81. The van der Waals surface area contributed by atoms with Gasteiger partial charge in [-0.25, -0.2) is 4.79 Å². The van der Waals surface area contributed by atoms with E-state index in [1.54, 1.807) is 24.3 Å². The van der Waals surface area contributed by atoms with E-state index in [2.05, 4.69) is 0 Å². The minimum Gasteiger partial charge on any atom is -0.443 e. The molecule has 1 unspecified atom stereocenters. The number of ether oxygens (including phenoxy) is 1. The van der Waals surface area contributed by atoms with E-state index in [9.17, 15) is 4.79 Å². The second kappa shape index (κ2) is 6.60. The van der Waals surface area contributed by atoms with Crippen LogP contribution in [0.1, 0.15) is 23.7 Å². The van der Waals surface area contributed by atoms with Crippen LogP contribution in [0.25, 0.3) is 0 Å². The monoisotopic (exact) mass is 242 g/mol. The number of rotatable bonds is 3. The quantitative estimate of drug-likeness (QED) is 0.497. The van der Waals surface area contributed by atoms with Crippen molar-refractivity contribution in [2.45, 2.75) is 19.6 Å². The molecule has 4 heteroatoms. The van der Waals surface area contributed by atoms with Crippen LogP contribution in [-0.4, -0.2) is 12.2 Å². The molecule has 0 saturated heterocycles. The van der Waals surface area contributed by atoms with Crippen LogP contribution in [0.4, 0.5) is 0 Å². The van der Waals surface area contributed by atoms with Crippen molar-refractivity contribution in [3.05, 3.63) is 35.9 Å². The molecular formula is C10H13CuNO2. The summed E-state index contributed by atoms with van der Waals surface area (Å²) in [5.41, 5.74) is 6.00. The van der Waals surface area contributed by atoms with E-state index in [-0.39, 0.29) is 23.0 Å². The second-order valence-corrected chi connectivity index (χ2v) is 2.72. The van der Waals surface area contributed by atoms with Crippen LogP contribution in [0, 0.1) is 0 Å². The van der Waals surface area contributed by atoms with Gasteiger partial charge in [-0.3, -0.25) is 5.73 Å². The number of carbonyl (C=O) groups is 1. The molecular weight excluding hydrogens is 230 g/mol. The van der Waals surface area contributed by atoms with Crippen molar-refractivity contribution >= 4 is 5.97 Å². The Morgan fingerprint density at radius 3 is 2.50 bits per heavy atom. The largest absolute Gasteiger partial charge is 0.443 e. The molecule has 14 heavy (non-hydrogen) atoms. The van der Waals surface area contributed by atoms with Gasteiger partial charge in [0.1, 0.15) is 0 Å². The Balaban J connectivity index is 0.00000169. The average Bonchev–Trinajstić information content (AvgIpc) is 2.19. The van der Waals surface area contributed by atoms with Crippen molar-refractivity contribution in [1.82, 2.24) is 0 Å². The molecule has 0 saturated carbocycles. The minimum atomic E-state index is -0.507. The maximum Gasteiger partial charge on any atom is 0.339 e. The van der Waals surface area contributed by atoms with E-state index >= 15 is 0 Å². The zero-order valence-corrected chi connectivity index (χ0v) is 8.81. The van der Waals surface area contributed by atoms with Crippen LogP contribution in [0.3, 0.4) is 0 Å². The van der Waals surface area contributed by atoms with Crippen molar-refractivity contribution in [1.29, 1.82) is 0 Å². The predicted octanol–water partition coefficient (Wildman–Crippen LogP) is 1.54. The molecule has 1 radical (unpaired) electrons. The molecule has 0 aliphatic carbocycles. The molecule has 0 aromatic heterocycles. The Morgan fingerprint density at radius 1 is 1.43 bits per heavy atom. The second-order valence-electron chi connectivity index (χ2n) is 2.72. The molecule has 1 aromatic carbocycles. The van der Waals surface area contributed by atoms with Crippen LogP contribution < -0.4 is 5.73 Å². The van der Waals surface area contributed by atoms with E-state index in [0.29, 0.717) is 12.0 Å². The topological polar surface area (TPSA) is 52.3 Å². The average molecular weight is 243 g/mol. The van der Waals surface area contributed by atoms with Gasteiger partial charge in [-0.1, -0.05) is 25.1 Å². The number of hydrogen-bond acceptors (Lipinski definition) is 3. The van der Waals surface area contributed by atoms with Gasteiger partial charge in [0.15, 0.2) is 6.23 Å². The van der Waals surface area contributed by atoms with Crippen LogP contribution in [0.5, 0.6) is 0 Å². The Kier molecular flexibility index (Phi) is 6.21. The Hall–Kier alpha value is -0.831. The fourth-order valence-corrected chi connectivity index (χ4v) is 0.863. The molecule has 2 N–H and O–H groups in total. The third kappa shape index (κ3) is 3.92. The number of esters is 1. The van der Waals surface area contributed by atoms with Crippen molar-refractivity contribution in [3.8, 4) is 0 Å². The number of hydrogen-bond donors (Lipinski definition) is 1. The van der Waals surface area contributed by atoms with Crippen molar-refractivity contribution in [2.24, 2.45) is 5.73 Å². The first kappa shape index (κ1) is 13.2. The van der Waals surface area contributed by atoms with Gasteiger partial charge in [0, 0.05) is 17.1 Å². The van der Waals surface area contributed by atoms with Gasteiger partial charge in [0.2, 0.25) is 0 Å². The van der Waals surface area contributed by atoms with Gasteiger partial charge >= 0.3 is 5.97 Å². The molecule has 0 aliphatic rings. The molecule has 1 aromatic rings. The van der Waals surface area contributed by atoms with Gasteiger partial charge in [-0.15, -0.1) is 0 Å². The van der Waals surface area contributed by atoms with Crippen LogP contribution in [0.15, 0.2) is 30.3 Å². The number of benzene rings is 1. The standard InChI is InChI=1S/C10H13NO2.Cu/c1-2-9(11)13-10(12)8-6-4-3-5-7-8;/h3-7,9H,2,11H2,1H3;. The molecule has 0 spiro atoms. The summed E-state index contributed by atoms with van der Waals surface area (Å²) in [6.45, 7) is 1.86. The molecule has 1 rings (SSSR count). The third-order valence-corrected chi connectivity index (χ3v) is 1.67. The van der Waals surface area contributed by atoms with Gasteiger partial charge in [-0.2, -0.15) is 0 Å². The van der Waals surface area contributed by atoms with Gasteiger partial charge < -0.3 is 4.74 Å². The number of carbonyl (C=O) groups excluding carboxylic acids is 1. The van der Waals surface area contributed by atoms with E-state index in [0.717, 1.165) is 0 Å². The summed E-state index contributed by atoms with van der Waals surface area (Å²) in [5.74, 6) is -0.366. The fraction of sp³-hybridized carbons (Fsp3) is 0.300. The van der Waals surface area contributed by atoms with Gasteiger partial charge in [-0.05, 0) is 18.6 Å². The first-order valence-corrected chi connectivity index (χ1v) is 4.25. The maximum absolute atomic E-state index is 11.3. The molecule has 1 atom stereocenters. The van der Waals surface area contributed by atoms with E-state index in [1.807, 2.05) is 13.0 Å². The van der Waals surface area contributed by atoms with Crippen LogP contribution in [-0.2, 0) is 21.8 Å². The van der Waals surface area contributed by atoms with Gasteiger partial charge in [0.25, 0.3) is 0 Å². The van der Waals surface area contributed by atoms with E-state index < -0.39 is 6.23 Å². The Labute approximate surface area is 94.1 Å². The summed E-state index contributed by atoms with van der Waals surface area (Å²) >= 11 is 0.